The lowest BCUT2D eigenvalue weighted by Gasteiger charge is -1.86. The smallest absolute Gasteiger partial charge is 0.0905 e. The molecule has 0 amide bonds. The SMILES string of the molecule is C.CCCN=C(C)N.Cc1ccccc1. The molecule has 0 unspecified atom stereocenters. The van der Waals surface area contributed by atoms with Crippen LogP contribution in [-0.2, 0) is 0 Å². The van der Waals surface area contributed by atoms with Crippen molar-refractivity contribution in [2.75, 3.05) is 6.54 Å². The van der Waals surface area contributed by atoms with Gasteiger partial charge in [-0.1, -0.05) is 50.2 Å². The number of hydrogen-bond acceptors (Lipinski definition) is 1. The van der Waals surface area contributed by atoms with Gasteiger partial charge in [0.15, 0.2) is 0 Å². The quantitative estimate of drug-likeness (QED) is 0.587. The van der Waals surface area contributed by atoms with Crippen LogP contribution in [0.3, 0.4) is 0 Å². The number of aliphatic imine (C=N–C) groups is 1. The molecule has 86 valence electrons. The minimum Gasteiger partial charge on any atom is -0.388 e. The standard InChI is InChI=1S/C7H8.C5H12N2.CH4/c1-7-5-3-2-4-6-7;1-3-4-7-5(2)6;/h2-6H,1H3;3-4H2,1-2H3,(H2,6,7);1H4. The molecule has 1 aromatic rings. The van der Waals surface area contributed by atoms with Gasteiger partial charge in [-0.25, -0.2) is 0 Å². The van der Waals surface area contributed by atoms with Gasteiger partial charge in [0.05, 0.1) is 5.84 Å². The number of nitrogens with two attached hydrogens (primary N) is 1. The van der Waals surface area contributed by atoms with Crippen LogP contribution in [-0.4, -0.2) is 12.4 Å². The van der Waals surface area contributed by atoms with Crippen LogP contribution in [0, 0.1) is 6.92 Å². The molecular formula is C13H24N2. The zero-order valence-electron chi connectivity index (χ0n) is 9.33. The fraction of sp³-hybridized carbons (Fsp3) is 0.462. The summed E-state index contributed by atoms with van der Waals surface area (Å²) < 4.78 is 0. The monoisotopic (exact) mass is 208 g/mol. The molecule has 0 fully saturated rings. The van der Waals surface area contributed by atoms with Crippen LogP contribution in [0.15, 0.2) is 35.3 Å². The van der Waals surface area contributed by atoms with E-state index in [1.54, 1.807) is 6.92 Å². The zero-order valence-corrected chi connectivity index (χ0v) is 9.33. The summed E-state index contributed by atoms with van der Waals surface area (Å²) in [5, 5.41) is 0. The highest BCUT2D eigenvalue weighted by Crippen LogP contribution is 1.92. The van der Waals surface area contributed by atoms with Crippen LogP contribution in [0.25, 0.3) is 0 Å². The molecule has 0 saturated carbocycles. The van der Waals surface area contributed by atoms with E-state index in [0.717, 1.165) is 13.0 Å². The van der Waals surface area contributed by atoms with E-state index in [0.29, 0.717) is 5.84 Å². The van der Waals surface area contributed by atoms with Crippen LogP contribution < -0.4 is 5.73 Å². The van der Waals surface area contributed by atoms with E-state index >= 15 is 0 Å². The molecule has 2 N–H and O–H groups in total. The molecule has 0 aliphatic carbocycles. The Labute approximate surface area is 94.2 Å². The van der Waals surface area contributed by atoms with Crippen molar-refractivity contribution < 1.29 is 0 Å². The van der Waals surface area contributed by atoms with Crippen molar-refractivity contribution in [3.05, 3.63) is 35.9 Å². The molecule has 0 aliphatic heterocycles. The van der Waals surface area contributed by atoms with Crippen molar-refractivity contribution >= 4 is 5.84 Å². The fourth-order valence-electron chi connectivity index (χ4n) is 0.823. The molecule has 0 radical (unpaired) electrons. The van der Waals surface area contributed by atoms with Gasteiger partial charge in [-0.15, -0.1) is 0 Å². The summed E-state index contributed by atoms with van der Waals surface area (Å²) in [6.07, 6.45) is 1.08. The van der Waals surface area contributed by atoms with Crippen molar-refractivity contribution in [2.45, 2.75) is 34.6 Å². The van der Waals surface area contributed by atoms with Crippen molar-refractivity contribution in [1.29, 1.82) is 0 Å². The minimum absolute atomic E-state index is 0. The largest absolute Gasteiger partial charge is 0.388 e. The van der Waals surface area contributed by atoms with E-state index in [9.17, 15) is 0 Å². The van der Waals surface area contributed by atoms with Gasteiger partial charge in [-0.05, 0) is 20.3 Å². The zero-order chi connectivity index (χ0) is 10.8. The Kier molecular flexibility index (Phi) is 11.6. The summed E-state index contributed by atoms with van der Waals surface area (Å²) in [4.78, 5) is 3.94. The molecular weight excluding hydrogens is 184 g/mol. The maximum atomic E-state index is 5.23. The molecule has 0 aromatic heterocycles. The third kappa shape index (κ3) is 12.7. The summed E-state index contributed by atoms with van der Waals surface area (Å²) in [5.41, 5.74) is 6.55. The highest BCUT2D eigenvalue weighted by molar-refractivity contribution is 5.77. The first-order valence-corrected chi connectivity index (χ1v) is 4.95. The number of hydrogen-bond donors (Lipinski definition) is 1. The molecule has 1 aromatic carbocycles. The van der Waals surface area contributed by atoms with E-state index in [1.165, 1.54) is 5.56 Å². The van der Waals surface area contributed by atoms with Crippen molar-refractivity contribution in [1.82, 2.24) is 0 Å². The number of nitrogens with zero attached hydrogens (tertiary/aromatic N) is 1. The summed E-state index contributed by atoms with van der Waals surface area (Å²) >= 11 is 0. The lowest BCUT2D eigenvalue weighted by atomic mass is 10.2. The predicted octanol–water partition coefficient (Wildman–Crippen LogP) is 3.40. The summed E-state index contributed by atoms with van der Waals surface area (Å²) in [6, 6.07) is 10.3. The Morgan fingerprint density at radius 3 is 2.00 bits per heavy atom. The number of rotatable bonds is 2. The number of benzene rings is 1. The molecule has 0 saturated heterocycles. The van der Waals surface area contributed by atoms with Crippen molar-refractivity contribution in [3.8, 4) is 0 Å². The van der Waals surface area contributed by atoms with Gasteiger partial charge in [0.2, 0.25) is 0 Å². The van der Waals surface area contributed by atoms with Crippen LogP contribution in [0.1, 0.15) is 33.3 Å². The van der Waals surface area contributed by atoms with E-state index in [2.05, 4.69) is 31.0 Å². The van der Waals surface area contributed by atoms with Gasteiger partial charge >= 0.3 is 0 Å². The second-order valence-electron chi connectivity index (χ2n) is 3.18. The van der Waals surface area contributed by atoms with Crippen LogP contribution in [0.4, 0.5) is 0 Å². The number of amidine groups is 1. The molecule has 15 heavy (non-hydrogen) atoms. The Morgan fingerprint density at radius 2 is 1.80 bits per heavy atom. The Hall–Kier alpha value is -1.31. The molecule has 1 rings (SSSR count). The normalized spacial score (nSPS) is 9.67. The minimum atomic E-state index is 0. The maximum absolute atomic E-state index is 5.23. The fourth-order valence-corrected chi connectivity index (χ4v) is 0.823. The Morgan fingerprint density at radius 1 is 1.27 bits per heavy atom. The van der Waals surface area contributed by atoms with E-state index < -0.39 is 0 Å². The van der Waals surface area contributed by atoms with E-state index in [1.807, 2.05) is 18.2 Å². The molecule has 2 heteroatoms. The third-order valence-corrected chi connectivity index (χ3v) is 1.53. The molecule has 0 spiro atoms. The molecule has 0 heterocycles. The first-order chi connectivity index (χ1) is 6.66. The lowest BCUT2D eigenvalue weighted by Crippen LogP contribution is -2.05. The molecule has 0 bridgehead atoms. The second kappa shape index (κ2) is 10.8. The van der Waals surface area contributed by atoms with E-state index in [-0.39, 0.29) is 7.43 Å². The summed E-state index contributed by atoms with van der Waals surface area (Å²) in [7, 11) is 0. The Balaban J connectivity index is 0. The van der Waals surface area contributed by atoms with E-state index in [4.69, 9.17) is 5.73 Å². The van der Waals surface area contributed by atoms with Gasteiger partial charge in [0.25, 0.3) is 0 Å². The van der Waals surface area contributed by atoms with Gasteiger partial charge in [-0.3, -0.25) is 4.99 Å². The third-order valence-electron chi connectivity index (χ3n) is 1.53. The topological polar surface area (TPSA) is 38.4 Å². The lowest BCUT2D eigenvalue weighted by molar-refractivity contribution is 0.929. The summed E-state index contributed by atoms with van der Waals surface area (Å²) in [5.74, 6) is 0.682. The highest BCUT2D eigenvalue weighted by Gasteiger charge is 1.74. The molecule has 0 aliphatic rings. The molecule has 0 atom stereocenters. The van der Waals surface area contributed by atoms with Crippen molar-refractivity contribution in [2.24, 2.45) is 10.7 Å². The highest BCUT2D eigenvalue weighted by atomic mass is 14.8. The van der Waals surface area contributed by atoms with Crippen LogP contribution in [0.2, 0.25) is 0 Å². The maximum Gasteiger partial charge on any atom is 0.0905 e. The summed E-state index contributed by atoms with van der Waals surface area (Å²) in [6.45, 7) is 6.82. The van der Waals surface area contributed by atoms with Gasteiger partial charge in [-0.2, -0.15) is 0 Å². The number of aryl methyl sites for hydroxylation is 1. The van der Waals surface area contributed by atoms with Crippen LogP contribution >= 0.6 is 0 Å². The van der Waals surface area contributed by atoms with Crippen molar-refractivity contribution in [3.63, 3.8) is 0 Å². The average molecular weight is 208 g/mol. The predicted molar refractivity (Wildman–Crippen MR) is 70.4 cm³/mol. The van der Waals surface area contributed by atoms with Gasteiger partial charge < -0.3 is 5.73 Å². The average Bonchev–Trinajstić information content (AvgIpc) is 2.17. The second-order valence-corrected chi connectivity index (χ2v) is 3.18. The first-order valence-electron chi connectivity index (χ1n) is 4.95. The van der Waals surface area contributed by atoms with Gasteiger partial charge in [0.1, 0.15) is 0 Å². The molecule has 2 nitrogen and oxygen atoms in total. The first kappa shape index (κ1) is 16.1. The Bertz CT molecular complexity index is 248. The van der Waals surface area contributed by atoms with Gasteiger partial charge in [0, 0.05) is 6.54 Å². The van der Waals surface area contributed by atoms with Crippen LogP contribution in [0.5, 0.6) is 0 Å².